The molecule has 1 aromatic rings. The highest BCUT2D eigenvalue weighted by atomic mass is 16.1. The zero-order valence-corrected chi connectivity index (χ0v) is 6.00. The molecule has 58 valence electrons. The normalized spacial score (nSPS) is 19.7. The fourth-order valence-electron chi connectivity index (χ4n) is 1.01. The van der Waals surface area contributed by atoms with Crippen LogP contribution in [0.3, 0.4) is 0 Å². The minimum Gasteiger partial charge on any atom is -0.342 e. The highest BCUT2D eigenvalue weighted by Crippen LogP contribution is 2.34. The molecule has 0 bridgehead atoms. The molecule has 1 aliphatic rings. The van der Waals surface area contributed by atoms with Crippen LogP contribution in [0.5, 0.6) is 0 Å². The fraction of sp³-hybridized carbons (Fsp3) is 0.429. The van der Waals surface area contributed by atoms with Gasteiger partial charge in [0.15, 0.2) is 5.78 Å². The Hall–Kier alpha value is -1.16. The van der Waals surface area contributed by atoms with Crippen LogP contribution in [0.25, 0.3) is 0 Å². The Morgan fingerprint density at radius 2 is 2.45 bits per heavy atom. The Bertz CT molecular complexity index is 274. The summed E-state index contributed by atoms with van der Waals surface area (Å²) in [6.07, 6.45) is 4.59. The number of imidazole rings is 1. The zero-order chi connectivity index (χ0) is 7.90. The van der Waals surface area contributed by atoms with Crippen molar-refractivity contribution in [2.75, 3.05) is 0 Å². The number of H-pyrrole nitrogens is 1. The van der Waals surface area contributed by atoms with Gasteiger partial charge in [-0.2, -0.15) is 0 Å². The maximum Gasteiger partial charge on any atom is 0.200 e. The highest BCUT2D eigenvalue weighted by molar-refractivity contribution is 6.03. The molecule has 0 aliphatic heterocycles. The first kappa shape index (κ1) is 6.54. The molecule has 0 unspecified atom stereocenters. The first-order chi connectivity index (χ1) is 5.22. The molecular weight excluding hydrogens is 142 g/mol. The van der Waals surface area contributed by atoms with Crippen molar-refractivity contribution >= 4 is 5.78 Å². The summed E-state index contributed by atoms with van der Waals surface area (Å²) in [5.41, 5.74) is 5.63. The highest BCUT2D eigenvalue weighted by Gasteiger charge is 2.46. The van der Waals surface area contributed by atoms with E-state index in [1.54, 1.807) is 0 Å². The maximum absolute atomic E-state index is 11.4. The van der Waals surface area contributed by atoms with Crippen LogP contribution in [0.15, 0.2) is 12.5 Å². The summed E-state index contributed by atoms with van der Waals surface area (Å²) in [4.78, 5) is 17.9. The minimum absolute atomic E-state index is 0.0185. The van der Waals surface area contributed by atoms with Gasteiger partial charge in [-0.15, -0.1) is 0 Å². The molecule has 1 aromatic heterocycles. The summed E-state index contributed by atoms with van der Waals surface area (Å²) in [7, 11) is 0. The number of nitrogens with one attached hydrogen (secondary N) is 1. The van der Waals surface area contributed by atoms with Crippen molar-refractivity contribution in [3.8, 4) is 0 Å². The van der Waals surface area contributed by atoms with Crippen LogP contribution < -0.4 is 5.73 Å². The number of aromatic nitrogens is 2. The van der Waals surface area contributed by atoms with Gasteiger partial charge in [0.05, 0.1) is 18.1 Å². The molecule has 0 aromatic carbocycles. The van der Waals surface area contributed by atoms with Crippen LogP contribution in [0.4, 0.5) is 0 Å². The molecule has 2 rings (SSSR count). The summed E-state index contributed by atoms with van der Waals surface area (Å²) in [6, 6.07) is 0. The molecule has 11 heavy (non-hydrogen) atoms. The number of aromatic amines is 1. The van der Waals surface area contributed by atoms with E-state index in [4.69, 9.17) is 5.73 Å². The van der Waals surface area contributed by atoms with Crippen molar-refractivity contribution in [2.45, 2.75) is 18.4 Å². The third-order valence-electron chi connectivity index (χ3n) is 1.98. The molecule has 0 amide bonds. The number of hydrogen-bond acceptors (Lipinski definition) is 3. The van der Waals surface area contributed by atoms with Crippen molar-refractivity contribution < 1.29 is 4.79 Å². The third-order valence-corrected chi connectivity index (χ3v) is 1.98. The Morgan fingerprint density at radius 1 is 1.73 bits per heavy atom. The molecule has 1 heterocycles. The monoisotopic (exact) mass is 151 g/mol. The SMILES string of the molecule is NC1(C(=O)c2cnc[nH]2)CC1. The number of Topliss-reactive ketones (excluding diaryl/α,β-unsaturated/α-hetero) is 1. The molecule has 1 aliphatic carbocycles. The minimum atomic E-state index is -0.577. The number of ketones is 1. The van der Waals surface area contributed by atoms with Gasteiger partial charge >= 0.3 is 0 Å². The number of carbonyl (C=O) groups is 1. The van der Waals surface area contributed by atoms with Crippen LogP contribution in [-0.4, -0.2) is 21.3 Å². The predicted octanol–water partition coefficient (Wildman–Crippen LogP) is 0.0837. The van der Waals surface area contributed by atoms with E-state index in [1.807, 2.05) is 0 Å². The standard InChI is InChI=1S/C7H9N3O/c8-7(1-2-7)6(11)5-3-9-4-10-5/h3-4H,1-2,8H2,(H,9,10). The van der Waals surface area contributed by atoms with Crippen LogP contribution in [0.1, 0.15) is 23.3 Å². The molecule has 0 radical (unpaired) electrons. The van der Waals surface area contributed by atoms with E-state index in [2.05, 4.69) is 9.97 Å². The summed E-state index contributed by atoms with van der Waals surface area (Å²) in [5.74, 6) is -0.0185. The third kappa shape index (κ3) is 0.952. The van der Waals surface area contributed by atoms with Crippen molar-refractivity contribution in [3.63, 3.8) is 0 Å². The summed E-state index contributed by atoms with van der Waals surface area (Å²) in [5, 5.41) is 0. The zero-order valence-electron chi connectivity index (χ0n) is 6.00. The molecular formula is C7H9N3O. The van der Waals surface area contributed by atoms with Gasteiger partial charge < -0.3 is 10.7 Å². The van der Waals surface area contributed by atoms with Crippen molar-refractivity contribution in [2.24, 2.45) is 5.73 Å². The Morgan fingerprint density at radius 3 is 2.91 bits per heavy atom. The van der Waals surface area contributed by atoms with E-state index in [-0.39, 0.29) is 5.78 Å². The van der Waals surface area contributed by atoms with Gasteiger partial charge in [0.25, 0.3) is 0 Å². The lowest BCUT2D eigenvalue weighted by atomic mass is 10.1. The Labute approximate surface area is 63.8 Å². The van der Waals surface area contributed by atoms with Crippen LogP contribution >= 0.6 is 0 Å². The number of carbonyl (C=O) groups excluding carboxylic acids is 1. The van der Waals surface area contributed by atoms with E-state index in [0.29, 0.717) is 5.69 Å². The van der Waals surface area contributed by atoms with E-state index >= 15 is 0 Å². The molecule has 0 saturated heterocycles. The van der Waals surface area contributed by atoms with Gasteiger partial charge in [0.2, 0.25) is 0 Å². The number of hydrogen-bond donors (Lipinski definition) is 2. The molecule has 1 saturated carbocycles. The Kier molecular flexibility index (Phi) is 1.14. The average Bonchev–Trinajstić information content (AvgIpc) is 2.54. The predicted molar refractivity (Wildman–Crippen MR) is 39.1 cm³/mol. The lowest BCUT2D eigenvalue weighted by Gasteiger charge is -2.02. The number of rotatable bonds is 2. The van der Waals surface area contributed by atoms with E-state index in [9.17, 15) is 4.79 Å². The van der Waals surface area contributed by atoms with Gasteiger partial charge in [-0.3, -0.25) is 4.79 Å². The van der Waals surface area contributed by atoms with Gasteiger partial charge in [0.1, 0.15) is 5.69 Å². The maximum atomic E-state index is 11.4. The van der Waals surface area contributed by atoms with E-state index in [1.165, 1.54) is 12.5 Å². The number of nitrogens with two attached hydrogens (primary N) is 1. The molecule has 3 N–H and O–H groups in total. The number of nitrogens with zero attached hydrogens (tertiary/aromatic N) is 1. The van der Waals surface area contributed by atoms with E-state index < -0.39 is 5.54 Å². The topological polar surface area (TPSA) is 71.8 Å². The molecule has 0 spiro atoms. The summed E-state index contributed by atoms with van der Waals surface area (Å²) >= 11 is 0. The molecule has 4 heteroatoms. The van der Waals surface area contributed by atoms with Crippen molar-refractivity contribution in [3.05, 3.63) is 18.2 Å². The summed E-state index contributed by atoms with van der Waals surface area (Å²) < 4.78 is 0. The Balaban J connectivity index is 2.24. The van der Waals surface area contributed by atoms with E-state index in [0.717, 1.165) is 12.8 Å². The average molecular weight is 151 g/mol. The molecule has 1 fully saturated rings. The first-order valence-electron chi connectivity index (χ1n) is 3.54. The van der Waals surface area contributed by atoms with Gasteiger partial charge in [0, 0.05) is 0 Å². The molecule has 4 nitrogen and oxygen atoms in total. The second kappa shape index (κ2) is 1.92. The smallest absolute Gasteiger partial charge is 0.200 e. The quantitative estimate of drug-likeness (QED) is 0.588. The van der Waals surface area contributed by atoms with Gasteiger partial charge in [-0.05, 0) is 12.8 Å². The second-order valence-corrected chi connectivity index (χ2v) is 2.95. The summed E-state index contributed by atoms with van der Waals surface area (Å²) in [6.45, 7) is 0. The van der Waals surface area contributed by atoms with Crippen LogP contribution in [0.2, 0.25) is 0 Å². The fourth-order valence-corrected chi connectivity index (χ4v) is 1.01. The van der Waals surface area contributed by atoms with Gasteiger partial charge in [-0.1, -0.05) is 0 Å². The second-order valence-electron chi connectivity index (χ2n) is 2.95. The van der Waals surface area contributed by atoms with Crippen molar-refractivity contribution in [1.29, 1.82) is 0 Å². The van der Waals surface area contributed by atoms with Crippen molar-refractivity contribution in [1.82, 2.24) is 9.97 Å². The first-order valence-corrected chi connectivity index (χ1v) is 3.54. The van der Waals surface area contributed by atoms with Crippen LogP contribution in [-0.2, 0) is 0 Å². The lowest BCUT2D eigenvalue weighted by molar-refractivity contribution is 0.0945. The lowest BCUT2D eigenvalue weighted by Crippen LogP contribution is -2.32. The van der Waals surface area contributed by atoms with Crippen LogP contribution in [0, 0.1) is 0 Å². The van der Waals surface area contributed by atoms with Gasteiger partial charge in [-0.25, -0.2) is 4.98 Å². The largest absolute Gasteiger partial charge is 0.342 e. The molecule has 0 atom stereocenters.